The Balaban J connectivity index is 2.30. The second-order valence-electron chi connectivity index (χ2n) is 2.65. The van der Waals surface area contributed by atoms with Gasteiger partial charge in [-0.3, -0.25) is 4.79 Å². The first-order chi connectivity index (χ1) is 7.48. The summed E-state index contributed by atoms with van der Waals surface area (Å²) in [5, 5.41) is 3.81. The van der Waals surface area contributed by atoms with Crippen molar-refractivity contribution in [2.75, 3.05) is 0 Å². The van der Waals surface area contributed by atoms with E-state index in [2.05, 4.69) is 14.6 Å². The van der Waals surface area contributed by atoms with Crippen molar-refractivity contribution < 1.29 is 18.0 Å². The van der Waals surface area contributed by atoms with E-state index < -0.39 is 17.0 Å². The zero-order valence-corrected chi connectivity index (χ0v) is 8.99. The molecule has 0 atom stereocenters. The summed E-state index contributed by atoms with van der Waals surface area (Å²) >= 11 is 1.25. The van der Waals surface area contributed by atoms with Gasteiger partial charge in [0.1, 0.15) is 5.69 Å². The van der Waals surface area contributed by atoms with E-state index in [1.54, 1.807) is 0 Å². The Morgan fingerprint density at radius 3 is 2.62 bits per heavy atom. The Morgan fingerprint density at radius 1 is 1.38 bits per heavy atom. The average molecular weight is 265 g/mol. The van der Waals surface area contributed by atoms with Crippen LogP contribution in [0, 0.1) is 0 Å². The molecule has 2 aromatic heterocycles. The lowest BCUT2D eigenvalue weighted by Crippen LogP contribution is -2.03. The molecule has 2 heterocycles. The van der Waals surface area contributed by atoms with Crippen LogP contribution in [0.1, 0.15) is 20.4 Å². The van der Waals surface area contributed by atoms with Gasteiger partial charge in [-0.2, -0.15) is 13.2 Å². The molecule has 16 heavy (non-hydrogen) atoms. The summed E-state index contributed by atoms with van der Waals surface area (Å²) in [4.78, 5) is 14.6. The third kappa shape index (κ3) is 2.09. The lowest BCUT2D eigenvalue weighted by atomic mass is 10.3. The Labute approximate surface area is 94.9 Å². The molecule has 0 saturated heterocycles. The summed E-state index contributed by atoms with van der Waals surface area (Å²) in [6.45, 7) is 0. The number of nitrogens with zero attached hydrogens (tertiary/aromatic N) is 3. The van der Waals surface area contributed by atoms with Gasteiger partial charge >= 0.3 is 6.18 Å². The Bertz CT molecular complexity index is 505. The fraction of sp³-hybridized carbons (Fsp3) is 0.143. The van der Waals surface area contributed by atoms with Crippen LogP contribution < -0.4 is 0 Å². The number of carbonyl (C=O) groups is 1. The molecule has 0 spiro atoms. The van der Waals surface area contributed by atoms with Gasteiger partial charge < -0.3 is 0 Å². The monoisotopic (exact) mass is 265 g/mol. The minimum absolute atomic E-state index is 0.0300. The minimum atomic E-state index is -4.52. The largest absolute Gasteiger partial charge is 0.443 e. The smallest absolute Gasteiger partial charge is 0.286 e. The number of hydrogen-bond donors (Lipinski definition) is 0. The van der Waals surface area contributed by atoms with Crippen LogP contribution in [0.4, 0.5) is 13.2 Å². The van der Waals surface area contributed by atoms with Crippen LogP contribution in [0.25, 0.3) is 0 Å². The molecule has 2 rings (SSSR count). The van der Waals surface area contributed by atoms with Crippen molar-refractivity contribution in [2.45, 2.75) is 6.18 Å². The summed E-state index contributed by atoms with van der Waals surface area (Å²) < 4.78 is 40.1. The quantitative estimate of drug-likeness (QED) is 0.781. The first kappa shape index (κ1) is 11.1. The molecule has 0 saturated carbocycles. The van der Waals surface area contributed by atoms with Gasteiger partial charge in [-0.1, -0.05) is 4.49 Å². The Kier molecular flexibility index (Phi) is 2.72. The van der Waals surface area contributed by atoms with Crippen molar-refractivity contribution in [3.05, 3.63) is 27.2 Å². The van der Waals surface area contributed by atoms with Gasteiger partial charge in [-0.15, -0.1) is 16.4 Å². The molecule has 0 N–H and O–H groups in total. The number of halogens is 3. The number of rotatable bonds is 2. The molecule has 2 aromatic rings. The molecule has 0 amide bonds. The van der Waals surface area contributed by atoms with Crippen LogP contribution in [0.5, 0.6) is 0 Å². The Morgan fingerprint density at radius 2 is 2.12 bits per heavy atom. The number of ketones is 1. The average Bonchev–Trinajstić information content (AvgIpc) is 2.87. The van der Waals surface area contributed by atoms with Crippen molar-refractivity contribution in [2.24, 2.45) is 0 Å². The summed E-state index contributed by atoms with van der Waals surface area (Å²) in [6, 6.07) is 0. The van der Waals surface area contributed by atoms with Crippen molar-refractivity contribution in [1.82, 2.24) is 14.6 Å². The van der Waals surface area contributed by atoms with Crippen LogP contribution >= 0.6 is 22.9 Å². The molecule has 0 unspecified atom stereocenters. The Hall–Kier alpha value is -1.35. The second kappa shape index (κ2) is 3.91. The molecular formula is C7H2F3N3OS2. The number of aromatic nitrogens is 3. The minimum Gasteiger partial charge on any atom is -0.286 e. The van der Waals surface area contributed by atoms with E-state index in [9.17, 15) is 18.0 Å². The predicted octanol–water partition coefficient (Wildman–Crippen LogP) is 2.24. The van der Waals surface area contributed by atoms with E-state index in [-0.39, 0.29) is 10.6 Å². The van der Waals surface area contributed by atoms with Gasteiger partial charge in [0, 0.05) is 11.6 Å². The highest BCUT2D eigenvalue weighted by Crippen LogP contribution is 2.32. The third-order valence-electron chi connectivity index (χ3n) is 1.56. The molecule has 0 aliphatic heterocycles. The lowest BCUT2D eigenvalue weighted by Gasteiger charge is -1.98. The number of thiazole rings is 1. The van der Waals surface area contributed by atoms with Crippen LogP contribution in [0.15, 0.2) is 11.6 Å². The van der Waals surface area contributed by atoms with E-state index in [0.717, 1.165) is 17.7 Å². The van der Waals surface area contributed by atoms with E-state index >= 15 is 0 Å². The molecular weight excluding hydrogens is 263 g/mol. The van der Waals surface area contributed by atoms with E-state index in [4.69, 9.17) is 0 Å². The summed E-state index contributed by atoms with van der Waals surface area (Å²) in [5.41, 5.74) is 0.0300. The summed E-state index contributed by atoms with van der Waals surface area (Å²) in [6.07, 6.45) is -3.63. The molecule has 0 bridgehead atoms. The topological polar surface area (TPSA) is 55.7 Å². The molecule has 0 aromatic carbocycles. The van der Waals surface area contributed by atoms with Gasteiger partial charge in [-0.05, 0) is 11.5 Å². The van der Waals surface area contributed by atoms with Crippen molar-refractivity contribution in [1.29, 1.82) is 0 Å². The van der Waals surface area contributed by atoms with Crippen LogP contribution in [-0.4, -0.2) is 20.4 Å². The summed E-state index contributed by atoms with van der Waals surface area (Å²) in [5.74, 6) is -0.596. The van der Waals surface area contributed by atoms with E-state index in [0.29, 0.717) is 11.3 Å². The van der Waals surface area contributed by atoms with Crippen LogP contribution in [0.2, 0.25) is 0 Å². The zero-order valence-electron chi connectivity index (χ0n) is 7.35. The van der Waals surface area contributed by atoms with Crippen molar-refractivity contribution in [3.8, 4) is 0 Å². The number of alkyl halides is 3. The highest BCUT2D eigenvalue weighted by molar-refractivity contribution is 7.14. The third-order valence-corrected chi connectivity index (χ3v) is 3.11. The molecule has 0 fully saturated rings. The predicted molar refractivity (Wildman–Crippen MR) is 50.5 cm³/mol. The zero-order chi connectivity index (χ0) is 11.8. The summed E-state index contributed by atoms with van der Waals surface area (Å²) in [7, 11) is 0. The van der Waals surface area contributed by atoms with Gasteiger partial charge in [0.2, 0.25) is 5.78 Å². The van der Waals surface area contributed by atoms with Gasteiger partial charge in [0.25, 0.3) is 0 Å². The fourth-order valence-corrected chi connectivity index (χ4v) is 2.07. The molecule has 0 aliphatic carbocycles. The van der Waals surface area contributed by atoms with E-state index in [1.807, 2.05) is 0 Å². The highest BCUT2D eigenvalue weighted by atomic mass is 32.1. The maximum Gasteiger partial charge on any atom is 0.443 e. The molecule has 4 nitrogen and oxygen atoms in total. The standard InChI is InChI=1S/C7H2F3N3OS2/c8-7(9,10)6-11-1-4(16-6)5(14)3-2-15-13-12-3/h1-2H. The van der Waals surface area contributed by atoms with Crippen LogP contribution in [-0.2, 0) is 6.18 Å². The molecule has 84 valence electrons. The number of carbonyl (C=O) groups excluding carboxylic acids is 1. The van der Waals surface area contributed by atoms with Crippen molar-refractivity contribution >= 4 is 28.7 Å². The van der Waals surface area contributed by atoms with E-state index in [1.165, 1.54) is 5.38 Å². The normalized spacial score (nSPS) is 11.7. The van der Waals surface area contributed by atoms with Gasteiger partial charge in [0.15, 0.2) is 5.01 Å². The van der Waals surface area contributed by atoms with Crippen molar-refractivity contribution in [3.63, 3.8) is 0 Å². The second-order valence-corrected chi connectivity index (χ2v) is 4.29. The lowest BCUT2D eigenvalue weighted by molar-refractivity contribution is -0.137. The number of hydrogen-bond acceptors (Lipinski definition) is 6. The maximum atomic E-state index is 12.2. The fourth-order valence-electron chi connectivity index (χ4n) is 0.900. The van der Waals surface area contributed by atoms with Gasteiger partial charge in [-0.25, -0.2) is 4.98 Å². The molecule has 0 aliphatic rings. The maximum absolute atomic E-state index is 12.2. The first-order valence-electron chi connectivity index (χ1n) is 3.83. The van der Waals surface area contributed by atoms with Gasteiger partial charge in [0.05, 0.1) is 4.88 Å². The highest BCUT2D eigenvalue weighted by Gasteiger charge is 2.35. The molecule has 0 radical (unpaired) electrons. The first-order valence-corrected chi connectivity index (χ1v) is 5.48. The molecule has 9 heteroatoms. The SMILES string of the molecule is O=C(c1csnn1)c1cnc(C(F)(F)F)s1. The van der Waals surface area contributed by atoms with Crippen LogP contribution in [0.3, 0.4) is 0 Å².